The third-order valence-corrected chi connectivity index (χ3v) is 5.49. The van der Waals surface area contributed by atoms with Gasteiger partial charge in [0.15, 0.2) is 0 Å². The number of hydrogen-bond donors (Lipinski definition) is 1. The first-order chi connectivity index (χ1) is 16.0. The van der Waals surface area contributed by atoms with Gasteiger partial charge in [-0.1, -0.05) is 25.8 Å². The van der Waals surface area contributed by atoms with Gasteiger partial charge >= 0.3 is 0 Å². The summed E-state index contributed by atoms with van der Waals surface area (Å²) >= 11 is 0. The summed E-state index contributed by atoms with van der Waals surface area (Å²) in [4.78, 5) is 27.1. The molecule has 6 nitrogen and oxygen atoms in total. The number of aliphatic hydroxyl groups excluding tert-OH is 1. The van der Waals surface area contributed by atoms with Crippen molar-refractivity contribution in [2.75, 3.05) is 11.5 Å². The zero-order chi connectivity index (χ0) is 23.4. The maximum atomic E-state index is 13.9. The molecule has 1 aromatic heterocycles. The number of rotatable bonds is 8. The Balaban J connectivity index is 1.71. The van der Waals surface area contributed by atoms with Gasteiger partial charge in [0.05, 0.1) is 18.4 Å². The van der Waals surface area contributed by atoms with Crippen LogP contribution in [0.15, 0.2) is 76.9 Å². The number of furan rings is 1. The number of benzene rings is 2. The molecule has 0 aliphatic carbocycles. The summed E-state index contributed by atoms with van der Waals surface area (Å²) in [6, 6.07) is 14.2. The van der Waals surface area contributed by atoms with Gasteiger partial charge in [0, 0.05) is 11.3 Å². The molecule has 1 aliphatic rings. The van der Waals surface area contributed by atoms with E-state index in [9.17, 15) is 19.1 Å². The minimum atomic E-state index is -1.04. The Morgan fingerprint density at radius 1 is 1.09 bits per heavy atom. The molecule has 7 heteroatoms. The molecule has 4 rings (SSSR count). The van der Waals surface area contributed by atoms with Gasteiger partial charge in [-0.05, 0) is 61.0 Å². The highest BCUT2D eigenvalue weighted by molar-refractivity contribution is 6.51. The molecule has 1 N–H and O–H groups in total. The van der Waals surface area contributed by atoms with E-state index in [1.165, 1.54) is 24.5 Å². The number of amides is 1. The Kier molecular flexibility index (Phi) is 6.58. The minimum absolute atomic E-state index is 0.129. The molecule has 1 aliphatic heterocycles. The van der Waals surface area contributed by atoms with Crippen LogP contribution >= 0.6 is 0 Å². The van der Waals surface area contributed by atoms with Crippen molar-refractivity contribution in [3.05, 3.63) is 89.6 Å². The average Bonchev–Trinajstić information content (AvgIpc) is 3.44. The summed E-state index contributed by atoms with van der Waals surface area (Å²) in [5.74, 6) is -1.73. The normalized spacial score (nSPS) is 17.5. The lowest BCUT2D eigenvalue weighted by atomic mass is 9.99. The maximum absolute atomic E-state index is 13.9. The molecular formula is C26H24FNO5. The number of carbonyl (C=O) groups excluding carboxylic acids is 2. The highest BCUT2D eigenvalue weighted by Gasteiger charge is 2.48. The van der Waals surface area contributed by atoms with E-state index in [1.54, 1.807) is 36.4 Å². The molecule has 1 unspecified atom stereocenters. The number of ketones is 1. The van der Waals surface area contributed by atoms with Crippen molar-refractivity contribution in [3.63, 3.8) is 0 Å². The van der Waals surface area contributed by atoms with E-state index in [4.69, 9.17) is 9.15 Å². The molecule has 0 saturated carbocycles. The molecule has 1 atom stereocenters. The van der Waals surface area contributed by atoms with Crippen LogP contribution in [0.3, 0.4) is 0 Å². The Bertz CT molecular complexity index is 1170. The van der Waals surface area contributed by atoms with E-state index < -0.39 is 23.5 Å². The zero-order valence-corrected chi connectivity index (χ0v) is 18.2. The highest BCUT2D eigenvalue weighted by atomic mass is 19.1. The van der Waals surface area contributed by atoms with Crippen LogP contribution < -0.4 is 9.64 Å². The van der Waals surface area contributed by atoms with E-state index in [0.717, 1.165) is 30.2 Å². The molecule has 1 saturated heterocycles. The van der Waals surface area contributed by atoms with Crippen LogP contribution in [0.25, 0.3) is 5.76 Å². The molecule has 0 bridgehead atoms. The first-order valence-corrected chi connectivity index (χ1v) is 10.8. The lowest BCUT2D eigenvalue weighted by molar-refractivity contribution is -0.132. The number of Topliss-reactive ketones (excluding diaryl/α,β-unsaturated/α-hetero) is 1. The summed E-state index contributed by atoms with van der Waals surface area (Å²) in [5, 5.41) is 11.1. The Labute approximate surface area is 190 Å². The lowest BCUT2D eigenvalue weighted by Crippen LogP contribution is -2.29. The number of carbonyl (C=O) groups is 2. The van der Waals surface area contributed by atoms with Gasteiger partial charge in [-0.3, -0.25) is 14.5 Å². The van der Waals surface area contributed by atoms with E-state index in [2.05, 4.69) is 6.92 Å². The SMILES string of the molecule is CCCCCOc1ccc(/C(O)=C2/C(=O)C(=O)N(c3cccc(F)c3)C2c2ccco2)cc1. The number of halogens is 1. The van der Waals surface area contributed by atoms with E-state index >= 15 is 0 Å². The van der Waals surface area contributed by atoms with Crippen LogP contribution in [0, 0.1) is 5.82 Å². The van der Waals surface area contributed by atoms with Gasteiger partial charge in [-0.15, -0.1) is 0 Å². The predicted molar refractivity (Wildman–Crippen MR) is 121 cm³/mol. The summed E-state index contributed by atoms with van der Waals surface area (Å²) < 4.78 is 25.1. The molecule has 2 heterocycles. The second kappa shape index (κ2) is 9.73. The van der Waals surface area contributed by atoms with E-state index in [1.807, 2.05) is 0 Å². The Hall–Kier alpha value is -3.87. The number of anilines is 1. The van der Waals surface area contributed by atoms with Crippen molar-refractivity contribution in [2.45, 2.75) is 32.2 Å². The molecule has 1 fully saturated rings. The van der Waals surface area contributed by atoms with Crippen molar-refractivity contribution >= 4 is 23.1 Å². The quantitative estimate of drug-likeness (QED) is 0.209. The zero-order valence-electron chi connectivity index (χ0n) is 18.2. The van der Waals surface area contributed by atoms with Crippen LogP contribution in [0.5, 0.6) is 5.75 Å². The van der Waals surface area contributed by atoms with Crippen LogP contribution in [0.4, 0.5) is 10.1 Å². The van der Waals surface area contributed by atoms with Crippen molar-refractivity contribution in [1.82, 2.24) is 0 Å². The fraction of sp³-hybridized carbons (Fsp3) is 0.231. The lowest BCUT2D eigenvalue weighted by Gasteiger charge is -2.23. The number of aliphatic hydroxyl groups is 1. The summed E-state index contributed by atoms with van der Waals surface area (Å²) in [7, 11) is 0. The number of hydrogen-bond acceptors (Lipinski definition) is 5. The summed E-state index contributed by atoms with van der Waals surface area (Å²) in [5.41, 5.74) is 0.411. The van der Waals surface area contributed by atoms with Gasteiger partial charge in [-0.25, -0.2) is 4.39 Å². The van der Waals surface area contributed by atoms with Crippen molar-refractivity contribution in [1.29, 1.82) is 0 Å². The molecule has 170 valence electrons. The topological polar surface area (TPSA) is 80.0 Å². The van der Waals surface area contributed by atoms with Crippen molar-refractivity contribution in [3.8, 4) is 5.75 Å². The van der Waals surface area contributed by atoms with Crippen LogP contribution in [-0.2, 0) is 9.59 Å². The monoisotopic (exact) mass is 449 g/mol. The van der Waals surface area contributed by atoms with Crippen LogP contribution in [0.2, 0.25) is 0 Å². The standard InChI is InChI=1S/C26H24FNO5/c1-2-3-4-14-32-20-12-10-17(11-13-20)24(29)22-23(21-9-6-15-33-21)28(26(31)25(22)30)19-8-5-7-18(27)16-19/h5-13,15-16,23,29H,2-4,14H2,1H3/b24-22-. The fourth-order valence-corrected chi connectivity index (χ4v) is 3.85. The molecule has 2 aromatic carbocycles. The second-order valence-electron chi connectivity index (χ2n) is 7.74. The summed E-state index contributed by atoms with van der Waals surface area (Å²) in [6.07, 6.45) is 4.54. The molecule has 0 radical (unpaired) electrons. The number of ether oxygens (including phenoxy) is 1. The summed E-state index contributed by atoms with van der Waals surface area (Å²) in [6.45, 7) is 2.71. The number of unbranched alkanes of at least 4 members (excludes halogenated alkanes) is 2. The fourth-order valence-electron chi connectivity index (χ4n) is 3.85. The highest BCUT2D eigenvalue weighted by Crippen LogP contribution is 2.42. The average molecular weight is 449 g/mol. The van der Waals surface area contributed by atoms with Gasteiger partial charge in [0.25, 0.3) is 11.7 Å². The second-order valence-corrected chi connectivity index (χ2v) is 7.74. The largest absolute Gasteiger partial charge is 0.507 e. The molecule has 33 heavy (non-hydrogen) atoms. The van der Waals surface area contributed by atoms with Crippen LogP contribution in [-0.4, -0.2) is 23.4 Å². The van der Waals surface area contributed by atoms with Gasteiger partial charge in [0.1, 0.15) is 29.1 Å². The number of nitrogens with zero attached hydrogens (tertiary/aromatic N) is 1. The molecular weight excluding hydrogens is 425 g/mol. The smallest absolute Gasteiger partial charge is 0.300 e. The third-order valence-electron chi connectivity index (χ3n) is 5.49. The molecule has 0 spiro atoms. The first-order valence-electron chi connectivity index (χ1n) is 10.8. The first kappa shape index (κ1) is 22.3. The van der Waals surface area contributed by atoms with Crippen molar-refractivity contribution in [2.24, 2.45) is 0 Å². The minimum Gasteiger partial charge on any atom is -0.507 e. The third kappa shape index (κ3) is 4.53. The molecule has 3 aromatic rings. The Morgan fingerprint density at radius 3 is 2.55 bits per heavy atom. The predicted octanol–water partition coefficient (Wildman–Crippen LogP) is 5.61. The van der Waals surface area contributed by atoms with Gasteiger partial charge < -0.3 is 14.3 Å². The molecule has 1 amide bonds. The maximum Gasteiger partial charge on any atom is 0.300 e. The Morgan fingerprint density at radius 2 is 1.88 bits per heavy atom. The van der Waals surface area contributed by atoms with Gasteiger partial charge in [0.2, 0.25) is 0 Å². The van der Waals surface area contributed by atoms with Crippen LogP contribution in [0.1, 0.15) is 43.6 Å². The van der Waals surface area contributed by atoms with Crippen molar-refractivity contribution < 1.29 is 28.2 Å². The van der Waals surface area contributed by atoms with Gasteiger partial charge in [-0.2, -0.15) is 0 Å². The van der Waals surface area contributed by atoms with E-state index in [-0.39, 0.29) is 22.8 Å². The van der Waals surface area contributed by atoms with E-state index in [0.29, 0.717) is 17.9 Å².